The maximum Gasteiger partial charge on any atom is 0.223 e. The van der Waals surface area contributed by atoms with Crippen LogP contribution in [0.25, 0.3) is 0 Å². The Hall–Kier alpha value is -1.32. The summed E-state index contributed by atoms with van der Waals surface area (Å²) in [5, 5.41) is 7.46. The Labute approximate surface area is 122 Å². The molecule has 1 amide bonds. The highest BCUT2D eigenvalue weighted by atomic mass is 16.1. The van der Waals surface area contributed by atoms with Crippen LogP contribution in [-0.4, -0.2) is 22.2 Å². The average molecular weight is 279 g/mol. The summed E-state index contributed by atoms with van der Waals surface area (Å²) >= 11 is 0. The number of hydrogen-bond donors (Lipinski definition) is 1. The summed E-state index contributed by atoms with van der Waals surface area (Å²) in [5.74, 6) is 0.244. The minimum Gasteiger partial charge on any atom is -0.354 e. The number of nitrogens with one attached hydrogen (secondary N) is 1. The molecule has 4 nitrogen and oxygen atoms in total. The van der Waals surface area contributed by atoms with E-state index in [1.54, 1.807) is 0 Å². The highest BCUT2D eigenvalue weighted by molar-refractivity contribution is 5.79. The zero-order chi connectivity index (χ0) is 15.3. The summed E-state index contributed by atoms with van der Waals surface area (Å²) < 4.78 is 1.95. The molecule has 0 spiro atoms. The number of rotatable bonds is 6. The van der Waals surface area contributed by atoms with Gasteiger partial charge in [0.05, 0.1) is 12.2 Å². The monoisotopic (exact) mass is 279 g/mol. The van der Waals surface area contributed by atoms with Gasteiger partial charge in [0.25, 0.3) is 0 Å². The Morgan fingerprint density at radius 3 is 2.50 bits per heavy atom. The van der Waals surface area contributed by atoms with E-state index in [0.717, 1.165) is 30.8 Å². The first-order valence-corrected chi connectivity index (χ1v) is 7.54. The van der Waals surface area contributed by atoms with Crippen LogP contribution in [0.3, 0.4) is 0 Å². The third kappa shape index (κ3) is 4.66. The molecule has 0 saturated heterocycles. The van der Waals surface area contributed by atoms with Crippen LogP contribution in [0, 0.1) is 25.2 Å². The van der Waals surface area contributed by atoms with Crippen molar-refractivity contribution >= 4 is 5.91 Å². The van der Waals surface area contributed by atoms with Crippen LogP contribution < -0.4 is 5.32 Å². The fourth-order valence-electron chi connectivity index (χ4n) is 2.56. The van der Waals surface area contributed by atoms with Gasteiger partial charge in [-0.15, -0.1) is 0 Å². The average Bonchev–Trinajstić information content (AvgIpc) is 2.63. The Morgan fingerprint density at radius 1 is 1.40 bits per heavy atom. The van der Waals surface area contributed by atoms with E-state index in [1.165, 1.54) is 0 Å². The molecule has 1 aromatic heterocycles. The van der Waals surface area contributed by atoms with E-state index in [2.05, 4.69) is 44.2 Å². The largest absolute Gasteiger partial charge is 0.354 e. The molecule has 0 aromatic carbocycles. The molecule has 1 unspecified atom stereocenters. The number of nitrogens with zero attached hydrogens (tertiary/aromatic N) is 2. The van der Waals surface area contributed by atoms with E-state index in [9.17, 15) is 4.79 Å². The fourth-order valence-corrected chi connectivity index (χ4v) is 2.56. The van der Waals surface area contributed by atoms with Gasteiger partial charge in [0.2, 0.25) is 5.91 Å². The lowest BCUT2D eigenvalue weighted by Crippen LogP contribution is -2.39. The topological polar surface area (TPSA) is 46.9 Å². The van der Waals surface area contributed by atoms with E-state index in [1.807, 2.05) is 18.5 Å². The number of aryl methyl sites for hydroxylation is 2. The first-order chi connectivity index (χ1) is 9.25. The van der Waals surface area contributed by atoms with Crippen molar-refractivity contribution in [1.29, 1.82) is 0 Å². The Bertz CT molecular complexity index is 443. The first-order valence-electron chi connectivity index (χ1n) is 7.54. The summed E-state index contributed by atoms with van der Waals surface area (Å²) in [6.45, 7) is 13.9. The number of aromatic nitrogens is 2. The highest BCUT2D eigenvalue weighted by Gasteiger charge is 2.29. The van der Waals surface area contributed by atoms with Crippen molar-refractivity contribution in [2.45, 2.75) is 60.9 Å². The smallest absolute Gasteiger partial charge is 0.223 e. The van der Waals surface area contributed by atoms with Gasteiger partial charge in [-0.05, 0) is 31.7 Å². The van der Waals surface area contributed by atoms with Crippen LogP contribution in [0.2, 0.25) is 0 Å². The molecule has 0 bridgehead atoms. The molecule has 4 heteroatoms. The second kappa shape index (κ2) is 6.91. The quantitative estimate of drug-likeness (QED) is 0.870. The zero-order valence-corrected chi connectivity index (χ0v) is 13.8. The van der Waals surface area contributed by atoms with Crippen LogP contribution in [-0.2, 0) is 11.3 Å². The summed E-state index contributed by atoms with van der Waals surface area (Å²) in [6, 6.07) is 2.05. The minimum absolute atomic E-state index is 0.0122. The molecule has 0 fully saturated rings. The summed E-state index contributed by atoms with van der Waals surface area (Å²) in [4.78, 5) is 12.3. The Morgan fingerprint density at radius 2 is 2.05 bits per heavy atom. The van der Waals surface area contributed by atoms with Crippen molar-refractivity contribution in [3.63, 3.8) is 0 Å². The van der Waals surface area contributed by atoms with Gasteiger partial charge in [-0.2, -0.15) is 5.10 Å². The molecule has 0 radical (unpaired) electrons. The molecule has 0 saturated carbocycles. The van der Waals surface area contributed by atoms with Gasteiger partial charge in [0.1, 0.15) is 0 Å². The van der Waals surface area contributed by atoms with Gasteiger partial charge in [-0.25, -0.2) is 0 Å². The number of carbonyl (C=O) groups excluding carboxylic acids is 1. The summed E-state index contributed by atoms with van der Waals surface area (Å²) in [6.07, 6.45) is 1.97. The van der Waals surface area contributed by atoms with Crippen LogP contribution in [0.5, 0.6) is 0 Å². The number of hydrogen-bond acceptors (Lipinski definition) is 2. The van der Waals surface area contributed by atoms with Gasteiger partial charge < -0.3 is 5.32 Å². The molecule has 0 aliphatic heterocycles. The maximum atomic E-state index is 12.3. The van der Waals surface area contributed by atoms with Crippen LogP contribution in [0.1, 0.15) is 51.9 Å². The van der Waals surface area contributed by atoms with Crippen LogP contribution in [0.15, 0.2) is 6.07 Å². The normalized spacial score (nSPS) is 13.3. The molecule has 1 heterocycles. The van der Waals surface area contributed by atoms with E-state index in [-0.39, 0.29) is 17.2 Å². The number of carbonyl (C=O) groups is 1. The molecule has 1 atom stereocenters. The molecule has 114 valence electrons. The van der Waals surface area contributed by atoms with Crippen molar-refractivity contribution in [2.24, 2.45) is 11.3 Å². The van der Waals surface area contributed by atoms with Crippen molar-refractivity contribution in [2.75, 3.05) is 6.54 Å². The SMILES string of the molecule is CCCC(C(=O)NCCn1nc(C)cc1C)C(C)(C)C. The van der Waals surface area contributed by atoms with Gasteiger partial charge in [0.15, 0.2) is 0 Å². The predicted molar refractivity (Wildman–Crippen MR) is 82.6 cm³/mol. The second-order valence-electron chi connectivity index (χ2n) is 6.65. The lowest BCUT2D eigenvalue weighted by molar-refractivity contribution is -0.128. The van der Waals surface area contributed by atoms with Gasteiger partial charge >= 0.3 is 0 Å². The summed E-state index contributed by atoms with van der Waals surface area (Å²) in [7, 11) is 0. The van der Waals surface area contributed by atoms with E-state index < -0.39 is 0 Å². The lowest BCUT2D eigenvalue weighted by atomic mass is 9.77. The summed E-state index contributed by atoms with van der Waals surface area (Å²) in [5.41, 5.74) is 2.17. The number of amides is 1. The van der Waals surface area contributed by atoms with Crippen molar-refractivity contribution in [3.8, 4) is 0 Å². The lowest BCUT2D eigenvalue weighted by Gasteiger charge is -2.29. The van der Waals surface area contributed by atoms with E-state index in [0.29, 0.717) is 6.54 Å². The maximum absolute atomic E-state index is 12.3. The Balaban J connectivity index is 2.51. The molecule has 20 heavy (non-hydrogen) atoms. The van der Waals surface area contributed by atoms with Crippen LogP contribution >= 0.6 is 0 Å². The fraction of sp³-hybridized carbons (Fsp3) is 0.750. The van der Waals surface area contributed by atoms with E-state index in [4.69, 9.17) is 0 Å². The second-order valence-corrected chi connectivity index (χ2v) is 6.65. The third-order valence-corrected chi connectivity index (χ3v) is 3.67. The third-order valence-electron chi connectivity index (χ3n) is 3.67. The molecule has 1 N–H and O–H groups in total. The molecular weight excluding hydrogens is 250 g/mol. The van der Waals surface area contributed by atoms with Crippen LogP contribution in [0.4, 0.5) is 0 Å². The van der Waals surface area contributed by atoms with Gasteiger partial charge in [-0.3, -0.25) is 9.48 Å². The van der Waals surface area contributed by atoms with Crippen molar-refractivity contribution in [1.82, 2.24) is 15.1 Å². The van der Waals surface area contributed by atoms with Crippen molar-refractivity contribution < 1.29 is 4.79 Å². The highest BCUT2D eigenvalue weighted by Crippen LogP contribution is 2.29. The van der Waals surface area contributed by atoms with Gasteiger partial charge in [-0.1, -0.05) is 34.1 Å². The molecular formula is C16H29N3O. The standard InChI is InChI=1S/C16H29N3O/c1-7-8-14(16(4,5)6)15(20)17-9-10-19-13(3)11-12(2)18-19/h11,14H,7-10H2,1-6H3,(H,17,20). The predicted octanol–water partition coefficient (Wildman–Crippen LogP) is 3.08. The molecule has 1 rings (SSSR count). The van der Waals surface area contributed by atoms with Gasteiger partial charge in [0, 0.05) is 18.2 Å². The molecule has 0 aliphatic carbocycles. The zero-order valence-electron chi connectivity index (χ0n) is 13.8. The first kappa shape index (κ1) is 16.7. The molecule has 0 aliphatic rings. The van der Waals surface area contributed by atoms with E-state index >= 15 is 0 Å². The van der Waals surface area contributed by atoms with Crippen molar-refractivity contribution in [3.05, 3.63) is 17.5 Å². The minimum atomic E-state index is 0.0122. The Kier molecular flexibility index (Phi) is 5.78. The molecule has 1 aromatic rings.